The molecule has 0 spiro atoms. The van der Waals surface area contributed by atoms with E-state index in [2.05, 4.69) is 25.7 Å². The van der Waals surface area contributed by atoms with E-state index in [1.54, 1.807) is 0 Å². The Morgan fingerprint density at radius 3 is 2.29 bits per heavy atom. The molecule has 84 valence electrons. The highest BCUT2D eigenvalue weighted by molar-refractivity contribution is 4.77. The van der Waals surface area contributed by atoms with E-state index < -0.39 is 0 Å². The zero-order valence-electron chi connectivity index (χ0n) is 10.3. The van der Waals surface area contributed by atoms with E-state index in [9.17, 15) is 0 Å². The molecular weight excluding hydrogens is 170 g/mol. The zero-order chi connectivity index (χ0) is 10.4. The van der Waals surface area contributed by atoms with Gasteiger partial charge in [-0.2, -0.15) is 0 Å². The van der Waals surface area contributed by atoms with Gasteiger partial charge in [0.2, 0.25) is 0 Å². The Balaban J connectivity index is 2.29. The summed E-state index contributed by atoms with van der Waals surface area (Å²) in [7, 11) is 0. The summed E-state index contributed by atoms with van der Waals surface area (Å²) in [4.78, 5) is 2.74. The first kappa shape index (κ1) is 12.0. The molecule has 0 aromatic carbocycles. The Hall–Kier alpha value is -0.0400. The van der Waals surface area contributed by atoms with Gasteiger partial charge in [-0.15, -0.1) is 0 Å². The minimum absolute atomic E-state index is 0.857. The maximum absolute atomic E-state index is 2.74. The van der Waals surface area contributed by atoms with E-state index in [0.29, 0.717) is 0 Å². The summed E-state index contributed by atoms with van der Waals surface area (Å²) >= 11 is 0. The molecule has 1 fully saturated rings. The van der Waals surface area contributed by atoms with Gasteiger partial charge >= 0.3 is 0 Å². The van der Waals surface area contributed by atoms with Gasteiger partial charge in [0, 0.05) is 6.04 Å². The SMILES string of the molecule is CCCN(CCC(C)C)C1CCCC1. The van der Waals surface area contributed by atoms with Crippen molar-refractivity contribution in [2.45, 2.75) is 65.3 Å². The fourth-order valence-corrected chi connectivity index (χ4v) is 2.46. The maximum Gasteiger partial charge on any atom is 0.00952 e. The van der Waals surface area contributed by atoms with Crippen molar-refractivity contribution in [2.75, 3.05) is 13.1 Å². The molecule has 0 aliphatic heterocycles. The molecule has 0 aromatic rings. The lowest BCUT2D eigenvalue weighted by atomic mass is 10.1. The molecule has 0 aromatic heterocycles. The molecule has 14 heavy (non-hydrogen) atoms. The van der Waals surface area contributed by atoms with Crippen LogP contribution in [0.4, 0.5) is 0 Å². The van der Waals surface area contributed by atoms with Crippen LogP contribution >= 0.6 is 0 Å². The van der Waals surface area contributed by atoms with E-state index >= 15 is 0 Å². The van der Waals surface area contributed by atoms with Crippen molar-refractivity contribution in [3.63, 3.8) is 0 Å². The third-order valence-electron chi connectivity index (χ3n) is 3.35. The predicted molar refractivity (Wildman–Crippen MR) is 63.6 cm³/mol. The Morgan fingerprint density at radius 2 is 1.79 bits per heavy atom. The molecular formula is C13H27N. The van der Waals surface area contributed by atoms with Gasteiger partial charge in [-0.1, -0.05) is 33.6 Å². The summed E-state index contributed by atoms with van der Waals surface area (Å²) in [6, 6.07) is 0.925. The van der Waals surface area contributed by atoms with Crippen LogP contribution in [0.5, 0.6) is 0 Å². The quantitative estimate of drug-likeness (QED) is 0.628. The number of hydrogen-bond acceptors (Lipinski definition) is 1. The topological polar surface area (TPSA) is 3.24 Å². The lowest BCUT2D eigenvalue weighted by molar-refractivity contribution is 0.188. The summed E-state index contributed by atoms with van der Waals surface area (Å²) in [6.45, 7) is 9.61. The largest absolute Gasteiger partial charge is 0.300 e. The molecule has 1 saturated carbocycles. The summed E-state index contributed by atoms with van der Waals surface area (Å²) in [5, 5.41) is 0. The molecule has 1 aliphatic rings. The number of nitrogens with zero attached hydrogens (tertiary/aromatic N) is 1. The predicted octanol–water partition coefficient (Wildman–Crippen LogP) is 3.69. The zero-order valence-corrected chi connectivity index (χ0v) is 10.3. The average molecular weight is 197 g/mol. The molecule has 1 rings (SSSR count). The van der Waals surface area contributed by atoms with Crippen LogP contribution < -0.4 is 0 Å². The Kier molecular flexibility index (Phi) is 5.54. The van der Waals surface area contributed by atoms with Crippen molar-refractivity contribution in [1.82, 2.24) is 4.90 Å². The van der Waals surface area contributed by atoms with Crippen LogP contribution in [0, 0.1) is 5.92 Å². The fourth-order valence-electron chi connectivity index (χ4n) is 2.46. The van der Waals surface area contributed by atoms with E-state index in [-0.39, 0.29) is 0 Å². The monoisotopic (exact) mass is 197 g/mol. The molecule has 0 radical (unpaired) electrons. The van der Waals surface area contributed by atoms with E-state index in [1.807, 2.05) is 0 Å². The van der Waals surface area contributed by atoms with Gasteiger partial charge in [-0.25, -0.2) is 0 Å². The van der Waals surface area contributed by atoms with Gasteiger partial charge in [0.1, 0.15) is 0 Å². The van der Waals surface area contributed by atoms with Crippen molar-refractivity contribution < 1.29 is 0 Å². The highest BCUT2D eigenvalue weighted by atomic mass is 15.1. The van der Waals surface area contributed by atoms with E-state index in [4.69, 9.17) is 0 Å². The summed E-state index contributed by atoms with van der Waals surface area (Å²) in [5.74, 6) is 0.857. The molecule has 0 bridgehead atoms. The van der Waals surface area contributed by atoms with Crippen LogP contribution in [0.15, 0.2) is 0 Å². The highest BCUT2D eigenvalue weighted by Crippen LogP contribution is 2.24. The van der Waals surface area contributed by atoms with Crippen molar-refractivity contribution >= 4 is 0 Å². The lowest BCUT2D eigenvalue weighted by Crippen LogP contribution is -2.35. The van der Waals surface area contributed by atoms with Gasteiger partial charge in [0.05, 0.1) is 0 Å². The summed E-state index contributed by atoms with van der Waals surface area (Å²) in [6.07, 6.45) is 8.53. The first-order valence-electron chi connectivity index (χ1n) is 6.48. The van der Waals surface area contributed by atoms with Crippen LogP contribution in [-0.4, -0.2) is 24.0 Å². The van der Waals surface area contributed by atoms with Gasteiger partial charge in [-0.3, -0.25) is 0 Å². The Bertz CT molecular complexity index is 136. The molecule has 1 heteroatoms. The molecule has 1 nitrogen and oxygen atoms in total. The highest BCUT2D eigenvalue weighted by Gasteiger charge is 2.21. The molecule has 0 unspecified atom stereocenters. The van der Waals surface area contributed by atoms with Crippen molar-refractivity contribution in [2.24, 2.45) is 5.92 Å². The smallest absolute Gasteiger partial charge is 0.00952 e. The third-order valence-corrected chi connectivity index (χ3v) is 3.35. The third kappa shape index (κ3) is 4.00. The van der Waals surface area contributed by atoms with Crippen LogP contribution in [0.3, 0.4) is 0 Å². The van der Waals surface area contributed by atoms with E-state index in [1.165, 1.54) is 51.6 Å². The minimum atomic E-state index is 0.857. The number of hydrogen-bond donors (Lipinski definition) is 0. The Morgan fingerprint density at radius 1 is 1.14 bits per heavy atom. The van der Waals surface area contributed by atoms with Gasteiger partial charge < -0.3 is 4.90 Å². The Labute approximate surface area is 89.9 Å². The van der Waals surface area contributed by atoms with Crippen molar-refractivity contribution in [1.29, 1.82) is 0 Å². The second-order valence-corrected chi connectivity index (χ2v) is 5.16. The average Bonchev–Trinajstić information content (AvgIpc) is 2.64. The maximum atomic E-state index is 2.74. The second kappa shape index (κ2) is 6.44. The fraction of sp³-hybridized carbons (Fsp3) is 1.00. The van der Waals surface area contributed by atoms with Crippen LogP contribution in [0.1, 0.15) is 59.3 Å². The van der Waals surface area contributed by atoms with Gasteiger partial charge in [0.15, 0.2) is 0 Å². The minimum Gasteiger partial charge on any atom is -0.300 e. The van der Waals surface area contributed by atoms with Gasteiger partial charge in [0.25, 0.3) is 0 Å². The molecule has 0 atom stereocenters. The first-order chi connectivity index (χ1) is 6.74. The van der Waals surface area contributed by atoms with Gasteiger partial charge in [-0.05, 0) is 44.7 Å². The van der Waals surface area contributed by atoms with Crippen LogP contribution in [0.25, 0.3) is 0 Å². The summed E-state index contributed by atoms with van der Waals surface area (Å²) < 4.78 is 0. The standard InChI is InChI=1S/C13H27N/c1-4-10-14(11-9-12(2)3)13-7-5-6-8-13/h12-13H,4-11H2,1-3H3. The van der Waals surface area contributed by atoms with Crippen LogP contribution in [-0.2, 0) is 0 Å². The normalized spacial score (nSPS) is 18.6. The molecule has 0 amide bonds. The molecule has 0 N–H and O–H groups in total. The lowest BCUT2D eigenvalue weighted by Gasteiger charge is -2.29. The molecule has 1 aliphatic carbocycles. The summed E-state index contributed by atoms with van der Waals surface area (Å²) in [5.41, 5.74) is 0. The van der Waals surface area contributed by atoms with Crippen molar-refractivity contribution in [3.8, 4) is 0 Å². The second-order valence-electron chi connectivity index (χ2n) is 5.16. The first-order valence-corrected chi connectivity index (χ1v) is 6.48. The van der Waals surface area contributed by atoms with Crippen molar-refractivity contribution in [3.05, 3.63) is 0 Å². The number of rotatable bonds is 6. The van der Waals surface area contributed by atoms with Crippen LogP contribution in [0.2, 0.25) is 0 Å². The van der Waals surface area contributed by atoms with E-state index in [0.717, 1.165) is 12.0 Å². The molecule has 0 heterocycles. The molecule has 0 saturated heterocycles.